The molecule has 150 valence electrons. The van der Waals surface area contributed by atoms with E-state index in [1.807, 2.05) is 23.6 Å². The van der Waals surface area contributed by atoms with Crippen LogP contribution in [0, 0.1) is 6.92 Å². The van der Waals surface area contributed by atoms with Crippen LogP contribution >= 0.6 is 11.3 Å². The Bertz CT molecular complexity index is 807. The van der Waals surface area contributed by atoms with E-state index < -0.39 is 0 Å². The van der Waals surface area contributed by atoms with Crippen LogP contribution in [0.5, 0.6) is 0 Å². The quantitative estimate of drug-likeness (QED) is 0.783. The van der Waals surface area contributed by atoms with Crippen molar-refractivity contribution in [3.63, 3.8) is 0 Å². The zero-order valence-electron chi connectivity index (χ0n) is 16.8. The van der Waals surface area contributed by atoms with Crippen LogP contribution in [0.15, 0.2) is 35.7 Å². The number of thiophene rings is 1. The largest absolute Gasteiger partial charge is 0.370 e. The van der Waals surface area contributed by atoms with Gasteiger partial charge in [-0.3, -0.25) is 4.90 Å². The number of carbonyl (C=O) groups excluding carboxylic acids is 1. The number of amides is 2. The summed E-state index contributed by atoms with van der Waals surface area (Å²) in [5.41, 5.74) is 3.35. The van der Waals surface area contributed by atoms with Gasteiger partial charge >= 0.3 is 6.03 Å². The number of nitrogens with one attached hydrogen (secondary N) is 2. The van der Waals surface area contributed by atoms with Gasteiger partial charge in [0.25, 0.3) is 0 Å². The van der Waals surface area contributed by atoms with Crippen LogP contribution in [0.4, 0.5) is 16.2 Å². The van der Waals surface area contributed by atoms with Gasteiger partial charge in [-0.2, -0.15) is 0 Å². The van der Waals surface area contributed by atoms with E-state index in [4.69, 9.17) is 0 Å². The molecule has 1 aromatic carbocycles. The molecule has 0 radical (unpaired) electrons. The molecule has 2 aromatic rings. The van der Waals surface area contributed by atoms with E-state index in [1.165, 1.54) is 37.1 Å². The van der Waals surface area contributed by atoms with E-state index in [0.29, 0.717) is 12.6 Å². The average molecular weight is 399 g/mol. The topological polar surface area (TPSA) is 47.6 Å². The first-order valence-electron chi connectivity index (χ1n) is 10.3. The molecule has 5 nitrogen and oxygen atoms in total. The highest BCUT2D eigenvalue weighted by molar-refractivity contribution is 7.09. The Morgan fingerprint density at radius 3 is 2.86 bits per heavy atom. The lowest BCUT2D eigenvalue weighted by Gasteiger charge is -2.29. The summed E-state index contributed by atoms with van der Waals surface area (Å²) in [6.07, 6.45) is 3.92. The second kappa shape index (κ2) is 8.53. The molecule has 28 heavy (non-hydrogen) atoms. The van der Waals surface area contributed by atoms with Crippen LogP contribution in [0.1, 0.15) is 36.6 Å². The SMILES string of the molecule is Cc1cc(NC(=O)NCc2cccs2)ccc1N1CCC(N2CCCC2C)C1. The summed E-state index contributed by atoms with van der Waals surface area (Å²) in [6, 6.07) is 11.5. The molecule has 2 N–H and O–H groups in total. The molecule has 0 spiro atoms. The molecular weight excluding hydrogens is 368 g/mol. The number of hydrogen-bond acceptors (Lipinski definition) is 4. The van der Waals surface area contributed by atoms with Crippen LogP contribution in [0.2, 0.25) is 0 Å². The van der Waals surface area contributed by atoms with E-state index in [0.717, 1.165) is 29.7 Å². The molecule has 1 aromatic heterocycles. The summed E-state index contributed by atoms with van der Waals surface area (Å²) >= 11 is 1.65. The number of anilines is 2. The third kappa shape index (κ3) is 4.33. The van der Waals surface area contributed by atoms with Crippen molar-refractivity contribution in [2.45, 2.75) is 51.7 Å². The predicted octanol–water partition coefficient (Wildman–Crippen LogP) is 4.44. The minimum atomic E-state index is -0.162. The number of urea groups is 1. The third-order valence-electron chi connectivity index (χ3n) is 6.04. The first kappa shape index (κ1) is 19.3. The summed E-state index contributed by atoms with van der Waals surface area (Å²) in [6.45, 7) is 8.54. The molecule has 2 saturated heterocycles. The predicted molar refractivity (Wildman–Crippen MR) is 117 cm³/mol. The molecule has 2 aliphatic rings. The molecule has 2 unspecified atom stereocenters. The average Bonchev–Trinajstić information content (AvgIpc) is 3.42. The number of rotatable bonds is 5. The van der Waals surface area contributed by atoms with Gasteiger partial charge in [-0.05, 0) is 74.9 Å². The van der Waals surface area contributed by atoms with Crippen molar-refractivity contribution in [2.24, 2.45) is 0 Å². The van der Waals surface area contributed by atoms with Crippen molar-refractivity contribution in [2.75, 3.05) is 29.9 Å². The number of carbonyl (C=O) groups is 1. The van der Waals surface area contributed by atoms with Gasteiger partial charge in [0.05, 0.1) is 6.54 Å². The van der Waals surface area contributed by atoms with Gasteiger partial charge in [0.1, 0.15) is 0 Å². The fourth-order valence-corrected chi connectivity index (χ4v) is 5.22. The molecule has 2 fully saturated rings. The maximum atomic E-state index is 12.1. The lowest BCUT2D eigenvalue weighted by Crippen LogP contribution is -2.39. The molecule has 2 amide bonds. The molecule has 2 atom stereocenters. The minimum absolute atomic E-state index is 0.162. The van der Waals surface area contributed by atoms with Crippen molar-refractivity contribution in [1.29, 1.82) is 0 Å². The van der Waals surface area contributed by atoms with E-state index in [2.05, 4.69) is 46.4 Å². The second-order valence-electron chi connectivity index (χ2n) is 8.01. The summed E-state index contributed by atoms with van der Waals surface area (Å²) in [5, 5.41) is 7.88. The van der Waals surface area contributed by atoms with Gasteiger partial charge in [-0.15, -0.1) is 11.3 Å². The number of hydrogen-bond donors (Lipinski definition) is 2. The maximum Gasteiger partial charge on any atom is 0.319 e. The Balaban J connectivity index is 1.33. The number of nitrogens with zero attached hydrogens (tertiary/aromatic N) is 2. The lowest BCUT2D eigenvalue weighted by molar-refractivity contribution is 0.204. The Kier molecular flexibility index (Phi) is 5.87. The molecule has 0 bridgehead atoms. The highest BCUT2D eigenvalue weighted by Gasteiger charge is 2.33. The number of aryl methyl sites for hydroxylation is 1. The molecular formula is C22H30N4OS. The maximum absolute atomic E-state index is 12.1. The Morgan fingerprint density at radius 2 is 2.14 bits per heavy atom. The minimum Gasteiger partial charge on any atom is -0.370 e. The van der Waals surface area contributed by atoms with E-state index in [1.54, 1.807) is 11.3 Å². The van der Waals surface area contributed by atoms with Crippen molar-refractivity contribution in [1.82, 2.24) is 10.2 Å². The van der Waals surface area contributed by atoms with Crippen molar-refractivity contribution < 1.29 is 4.79 Å². The van der Waals surface area contributed by atoms with E-state index >= 15 is 0 Å². The fourth-order valence-electron chi connectivity index (χ4n) is 4.57. The second-order valence-corrected chi connectivity index (χ2v) is 9.04. The van der Waals surface area contributed by atoms with Gasteiger partial charge in [-0.1, -0.05) is 6.07 Å². The molecule has 2 aliphatic heterocycles. The Hall–Kier alpha value is -2.05. The summed E-state index contributed by atoms with van der Waals surface area (Å²) in [5.74, 6) is 0. The van der Waals surface area contributed by atoms with Gasteiger partial charge in [0.15, 0.2) is 0 Å². The van der Waals surface area contributed by atoms with E-state index in [9.17, 15) is 4.79 Å². The van der Waals surface area contributed by atoms with Crippen LogP contribution in [-0.4, -0.2) is 42.6 Å². The summed E-state index contributed by atoms with van der Waals surface area (Å²) in [7, 11) is 0. The first-order chi connectivity index (χ1) is 13.6. The normalized spacial score (nSPS) is 22.6. The molecule has 4 rings (SSSR count). The van der Waals surface area contributed by atoms with Crippen molar-refractivity contribution in [3.05, 3.63) is 46.2 Å². The Labute approximate surface area is 171 Å². The molecule has 3 heterocycles. The Morgan fingerprint density at radius 1 is 1.25 bits per heavy atom. The van der Waals surface area contributed by atoms with Crippen LogP contribution in [-0.2, 0) is 6.54 Å². The number of benzene rings is 1. The smallest absolute Gasteiger partial charge is 0.319 e. The van der Waals surface area contributed by atoms with Gasteiger partial charge in [-0.25, -0.2) is 4.79 Å². The number of likely N-dealkylation sites (tertiary alicyclic amines) is 1. The van der Waals surface area contributed by atoms with Crippen LogP contribution < -0.4 is 15.5 Å². The fraction of sp³-hybridized carbons (Fsp3) is 0.500. The summed E-state index contributed by atoms with van der Waals surface area (Å²) in [4.78, 5) is 18.5. The van der Waals surface area contributed by atoms with Gasteiger partial charge in [0.2, 0.25) is 0 Å². The van der Waals surface area contributed by atoms with Crippen molar-refractivity contribution >= 4 is 28.7 Å². The highest BCUT2D eigenvalue weighted by atomic mass is 32.1. The molecule has 0 saturated carbocycles. The zero-order valence-corrected chi connectivity index (χ0v) is 17.6. The zero-order chi connectivity index (χ0) is 19.5. The van der Waals surface area contributed by atoms with Gasteiger partial charge < -0.3 is 15.5 Å². The lowest BCUT2D eigenvalue weighted by atomic mass is 10.1. The third-order valence-corrected chi connectivity index (χ3v) is 6.91. The summed E-state index contributed by atoms with van der Waals surface area (Å²) < 4.78 is 0. The van der Waals surface area contributed by atoms with Crippen molar-refractivity contribution in [3.8, 4) is 0 Å². The van der Waals surface area contributed by atoms with Crippen LogP contribution in [0.25, 0.3) is 0 Å². The molecule has 6 heteroatoms. The highest BCUT2D eigenvalue weighted by Crippen LogP contribution is 2.31. The van der Waals surface area contributed by atoms with E-state index in [-0.39, 0.29) is 6.03 Å². The standard InChI is InChI=1S/C22H30N4OS/c1-16-13-18(24-22(27)23-14-20-6-4-12-28-20)7-8-21(16)25-11-9-19(15-25)26-10-3-5-17(26)2/h4,6-8,12-13,17,19H,3,5,9-11,14-15H2,1-2H3,(H2,23,24,27). The van der Waals surface area contributed by atoms with Gasteiger partial charge in [0, 0.05) is 41.4 Å². The monoisotopic (exact) mass is 398 g/mol. The molecule has 0 aliphatic carbocycles. The first-order valence-corrected chi connectivity index (χ1v) is 11.2. The van der Waals surface area contributed by atoms with Crippen LogP contribution in [0.3, 0.4) is 0 Å².